The molecule has 0 aromatic carbocycles. The second kappa shape index (κ2) is 5.73. The van der Waals surface area contributed by atoms with Gasteiger partial charge in [-0.2, -0.15) is 0 Å². The van der Waals surface area contributed by atoms with Crippen LogP contribution in [0.4, 0.5) is 0 Å². The average molecular weight is 305 g/mol. The number of furan rings is 1. The number of hydrogen-bond donors (Lipinski definition) is 1. The Morgan fingerprint density at radius 3 is 2.95 bits per heavy atom. The maximum absolute atomic E-state index is 12.0. The molecule has 1 atom stereocenters. The standard InChI is InChI=1S/C15H15NO4S/c1-9-2-4-11(20-9)12-5-6-13(21-12)15(18)19-8-10-3-7-14(17)16-10/h2,4-6,10H,3,7-8H2,1H3,(H,16,17)/t10-/m0/s1. The summed E-state index contributed by atoms with van der Waals surface area (Å²) in [6.07, 6.45) is 1.22. The molecule has 1 saturated heterocycles. The smallest absolute Gasteiger partial charge is 0.348 e. The first-order valence-corrected chi connectivity index (χ1v) is 7.56. The monoisotopic (exact) mass is 305 g/mol. The zero-order chi connectivity index (χ0) is 14.8. The normalized spacial score (nSPS) is 17.8. The first-order chi connectivity index (χ1) is 10.1. The van der Waals surface area contributed by atoms with Gasteiger partial charge in [0.1, 0.15) is 23.0 Å². The fourth-order valence-electron chi connectivity index (χ4n) is 2.20. The quantitative estimate of drug-likeness (QED) is 0.882. The molecule has 6 heteroatoms. The third kappa shape index (κ3) is 3.16. The summed E-state index contributed by atoms with van der Waals surface area (Å²) in [7, 11) is 0. The first kappa shape index (κ1) is 13.9. The minimum Gasteiger partial charge on any atom is -0.461 e. The molecule has 0 unspecified atom stereocenters. The highest BCUT2D eigenvalue weighted by atomic mass is 32.1. The van der Waals surface area contributed by atoms with Crippen LogP contribution in [0.2, 0.25) is 0 Å². The van der Waals surface area contributed by atoms with E-state index in [4.69, 9.17) is 9.15 Å². The largest absolute Gasteiger partial charge is 0.461 e. The van der Waals surface area contributed by atoms with E-state index >= 15 is 0 Å². The molecule has 1 N–H and O–H groups in total. The molecule has 1 amide bonds. The van der Waals surface area contributed by atoms with E-state index in [0.29, 0.717) is 17.7 Å². The summed E-state index contributed by atoms with van der Waals surface area (Å²) >= 11 is 1.33. The lowest BCUT2D eigenvalue weighted by molar-refractivity contribution is -0.119. The molecule has 1 aliphatic heterocycles. The lowest BCUT2D eigenvalue weighted by Crippen LogP contribution is -2.30. The zero-order valence-electron chi connectivity index (χ0n) is 11.5. The molecule has 1 aliphatic rings. The fraction of sp³-hybridized carbons (Fsp3) is 0.333. The van der Waals surface area contributed by atoms with Crippen LogP contribution in [0, 0.1) is 6.92 Å². The lowest BCUT2D eigenvalue weighted by atomic mass is 10.2. The molecule has 0 spiro atoms. The first-order valence-electron chi connectivity index (χ1n) is 6.75. The van der Waals surface area contributed by atoms with Crippen LogP contribution in [0.25, 0.3) is 10.6 Å². The summed E-state index contributed by atoms with van der Waals surface area (Å²) in [5.41, 5.74) is 0. The number of carbonyl (C=O) groups is 2. The van der Waals surface area contributed by atoms with Crippen molar-refractivity contribution in [2.75, 3.05) is 6.61 Å². The van der Waals surface area contributed by atoms with E-state index in [9.17, 15) is 9.59 Å². The Labute approximate surface area is 125 Å². The number of amides is 1. The van der Waals surface area contributed by atoms with E-state index in [1.54, 1.807) is 6.07 Å². The van der Waals surface area contributed by atoms with Gasteiger partial charge in [0.2, 0.25) is 5.91 Å². The summed E-state index contributed by atoms with van der Waals surface area (Å²) < 4.78 is 10.8. The summed E-state index contributed by atoms with van der Waals surface area (Å²) in [4.78, 5) is 24.5. The van der Waals surface area contributed by atoms with Crippen LogP contribution in [-0.4, -0.2) is 24.5 Å². The molecule has 110 valence electrons. The molecular weight excluding hydrogens is 290 g/mol. The summed E-state index contributed by atoms with van der Waals surface area (Å²) in [5, 5.41) is 2.77. The molecule has 3 rings (SSSR count). The second-order valence-corrected chi connectivity index (χ2v) is 6.06. The van der Waals surface area contributed by atoms with E-state index in [1.165, 1.54) is 11.3 Å². The van der Waals surface area contributed by atoms with Gasteiger partial charge in [0.05, 0.1) is 10.9 Å². The van der Waals surface area contributed by atoms with Gasteiger partial charge >= 0.3 is 5.97 Å². The molecule has 2 aromatic heterocycles. The number of hydrogen-bond acceptors (Lipinski definition) is 5. The van der Waals surface area contributed by atoms with Crippen LogP contribution >= 0.6 is 11.3 Å². The minimum atomic E-state index is -0.365. The van der Waals surface area contributed by atoms with Gasteiger partial charge in [0.25, 0.3) is 0 Å². The molecule has 1 fully saturated rings. The van der Waals surface area contributed by atoms with Crippen molar-refractivity contribution in [1.29, 1.82) is 0 Å². The van der Waals surface area contributed by atoms with Gasteiger partial charge in [0, 0.05) is 6.42 Å². The van der Waals surface area contributed by atoms with Gasteiger partial charge in [-0.25, -0.2) is 4.79 Å². The van der Waals surface area contributed by atoms with Crippen molar-refractivity contribution in [3.63, 3.8) is 0 Å². The third-order valence-corrected chi connectivity index (χ3v) is 4.37. The molecule has 5 nitrogen and oxygen atoms in total. The molecule has 0 saturated carbocycles. The van der Waals surface area contributed by atoms with Crippen molar-refractivity contribution < 1.29 is 18.7 Å². The molecule has 0 bridgehead atoms. The molecule has 0 radical (unpaired) electrons. The highest BCUT2D eigenvalue weighted by Gasteiger charge is 2.22. The average Bonchev–Trinajstić information content (AvgIpc) is 3.16. The van der Waals surface area contributed by atoms with E-state index in [0.717, 1.165) is 16.4 Å². The van der Waals surface area contributed by atoms with Crippen molar-refractivity contribution in [2.45, 2.75) is 25.8 Å². The maximum Gasteiger partial charge on any atom is 0.348 e. The molecular formula is C15H15NO4S. The Morgan fingerprint density at radius 1 is 1.43 bits per heavy atom. The molecule has 3 heterocycles. The maximum atomic E-state index is 12.0. The highest BCUT2D eigenvalue weighted by Crippen LogP contribution is 2.29. The van der Waals surface area contributed by atoms with Crippen LogP contribution in [0.15, 0.2) is 28.7 Å². The van der Waals surface area contributed by atoms with E-state index in [2.05, 4.69) is 5.32 Å². The zero-order valence-corrected chi connectivity index (χ0v) is 12.4. The minimum absolute atomic E-state index is 0.0163. The highest BCUT2D eigenvalue weighted by molar-refractivity contribution is 7.17. The van der Waals surface area contributed by atoms with Crippen molar-refractivity contribution in [1.82, 2.24) is 5.32 Å². The van der Waals surface area contributed by atoms with Crippen molar-refractivity contribution >= 4 is 23.2 Å². The van der Waals surface area contributed by atoms with Gasteiger partial charge in [-0.15, -0.1) is 11.3 Å². The van der Waals surface area contributed by atoms with Crippen LogP contribution in [-0.2, 0) is 9.53 Å². The van der Waals surface area contributed by atoms with E-state index in [-0.39, 0.29) is 24.5 Å². The molecule has 0 aliphatic carbocycles. The number of ether oxygens (including phenoxy) is 1. The van der Waals surface area contributed by atoms with Gasteiger partial charge in [-0.3, -0.25) is 4.79 Å². The Morgan fingerprint density at radius 2 is 2.29 bits per heavy atom. The predicted octanol–water partition coefficient (Wildman–Crippen LogP) is 2.75. The Balaban J connectivity index is 1.60. The number of nitrogens with one attached hydrogen (secondary N) is 1. The number of aryl methyl sites for hydroxylation is 1. The van der Waals surface area contributed by atoms with Crippen molar-refractivity contribution in [2.24, 2.45) is 0 Å². The Kier molecular flexibility index (Phi) is 3.79. The van der Waals surface area contributed by atoms with Gasteiger partial charge in [0.15, 0.2) is 0 Å². The lowest BCUT2D eigenvalue weighted by Gasteiger charge is -2.09. The van der Waals surface area contributed by atoms with Crippen LogP contribution < -0.4 is 5.32 Å². The number of rotatable bonds is 4. The summed E-state index contributed by atoms with van der Waals surface area (Å²) in [5.74, 6) is 1.23. The van der Waals surface area contributed by atoms with Crippen molar-refractivity contribution in [3.8, 4) is 10.6 Å². The fourth-order valence-corrected chi connectivity index (χ4v) is 3.06. The van der Waals surface area contributed by atoms with Crippen molar-refractivity contribution in [3.05, 3.63) is 34.9 Å². The van der Waals surface area contributed by atoms with Crippen LogP contribution in [0.1, 0.15) is 28.3 Å². The van der Waals surface area contributed by atoms with Crippen LogP contribution in [0.3, 0.4) is 0 Å². The topological polar surface area (TPSA) is 68.5 Å². The van der Waals surface area contributed by atoms with E-state index in [1.807, 2.05) is 25.1 Å². The van der Waals surface area contributed by atoms with Gasteiger partial charge in [-0.05, 0) is 37.6 Å². The predicted molar refractivity (Wildman–Crippen MR) is 78.2 cm³/mol. The Bertz CT molecular complexity index is 673. The second-order valence-electron chi connectivity index (χ2n) is 4.98. The summed E-state index contributed by atoms with van der Waals surface area (Å²) in [6, 6.07) is 7.28. The van der Waals surface area contributed by atoms with E-state index < -0.39 is 0 Å². The van der Waals surface area contributed by atoms with Gasteiger partial charge in [-0.1, -0.05) is 0 Å². The number of thiophene rings is 1. The summed E-state index contributed by atoms with van der Waals surface area (Å²) in [6.45, 7) is 2.10. The third-order valence-electron chi connectivity index (χ3n) is 3.29. The van der Waals surface area contributed by atoms with Crippen LogP contribution in [0.5, 0.6) is 0 Å². The number of carbonyl (C=O) groups excluding carboxylic acids is 2. The number of esters is 1. The Hall–Kier alpha value is -2.08. The molecule has 2 aromatic rings. The molecule has 21 heavy (non-hydrogen) atoms. The van der Waals surface area contributed by atoms with Gasteiger partial charge < -0.3 is 14.5 Å². The SMILES string of the molecule is Cc1ccc(-c2ccc(C(=O)OC[C@@H]3CCC(=O)N3)s2)o1.